The fourth-order valence-corrected chi connectivity index (χ4v) is 2.15. The number of para-hydroxylation sites is 2. The fourth-order valence-electron chi connectivity index (χ4n) is 2.15. The fraction of sp³-hybridized carbons (Fsp3) is 0.333. The first kappa shape index (κ1) is 40.2. The Morgan fingerprint density at radius 1 is 0.732 bits per heavy atom. The number of halogens is 6. The van der Waals surface area contributed by atoms with Crippen LogP contribution >= 0.6 is 21.4 Å². The highest BCUT2D eigenvalue weighted by atomic mass is 35.7. The van der Waals surface area contributed by atoms with E-state index in [2.05, 4.69) is 35.6 Å². The van der Waals surface area contributed by atoms with Crippen molar-refractivity contribution >= 4 is 52.0 Å². The Bertz CT molecular complexity index is 1230. The van der Waals surface area contributed by atoms with Crippen LogP contribution in [0.15, 0.2) is 48.5 Å². The van der Waals surface area contributed by atoms with E-state index >= 15 is 0 Å². The lowest BCUT2D eigenvalue weighted by molar-refractivity contribution is -0.0512. The third kappa shape index (κ3) is 25.8. The molecule has 0 fully saturated rings. The lowest BCUT2D eigenvalue weighted by atomic mass is 10.2. The molecule has 0 bridgehead atoms. The van der Waals surface area contributed by atoms with Crippen LogP contribution in [-0.4, -0.2) is 64.3 Å². The maximum atomic E-state index is 12.0. The molecule has 0 aliphatic rings. The first-order valence-corrected chi connectivity index (χ1v) is 15.1. The molecule has 0 spiro atoms. The molecule has 2 aromatic rings. The number of hydrogen-bond donors (Lipinski definition) is 2. The second kappa shape index (κ2) is 20.9. The minimum Gasteiger partial charge on any atom is -0.462 e. The number of rotatable bonds is 9. The topological polar surface area (TPSA) is 180 Å². The van der Waals surface area contributed by atoms with Crippen molar-refractivity contribution in [3.05, 3.63) is 59.7 Å². The van der Waals surface area contributed by atoms with Gasteiger partial charge < -0.3 is 18.9 Å². The molecule has 0 aliphatic heterocycles. The van der Waals surface area contributed by atoms with Crippen LogP contribution in [0.4, 0.5) is 17.6 Å². The number of benzene rings is 2. The highest BCUT2D eigenvalue weighted by Gasteiger charge is 2.16. The molecule has 2 aromatic carbocycles. The van der Waals surface area contributed by atoms with Gasteiger partial charge in [-0.05, 0) is 37.6 Å². The van der Waals surface area contributed by atoms with Crippen molar-refractivity contribution in [3.8, 4) is 11.5 Å². The van der Waals surface area contributed by atoms with Gasteiger partial charge in [0.2, 0.25) is 0 Å². The van der Waals surface area contributed by atoms with Crippen LogP contribution in [-0.2, 0) is 28.1 Å². The van der Waals surface area contributed by atoms with Gasteiger partial charge in [0.25, 0.3) is 0 Å². The molecule has 0 unspecified atom stereocenters. The summed E-state index contributed by atoms with van der Waals surface area (Å²) in [7, 11) is -0.273. The molecule has 0 radical (unpaired) electrons. The van der Waals surface area contributed by atoms with Gasteiger partial charge in [0.05, 0.1) is 13.2 Å². The molecule has 2 rings (SSSR count). The number of esters is 2. The van der Waals surface area contributed by atoms with Crippen LogP contribution in [0, 0.1) is 0 Å². The second-order valence-corrected chi connectivity index (χ2v) is 10.4. The minimum absolute atomic E-state index is 0.000324. The average molecular weight is 679 g/mol. The van der Waals surface area contributed by atoms with Crippen LogP contribution in [0.1, 0.15) is 41.0 Å². The standard InChI is InChI=1S/C11H12F2O3.C10H10F2O3.2ClHO3S/c1-2-7-15-10(14)8-5-3-4-6-9(8)16-11(12)13;1-2-14-9(13)7-5-3-4-6-8(7)15-10(11)12;2*1-5(2,3)4/h3-6,11H,2,7H2,1H3;3-6,10H,2H2,1H3;2*(H,2,3,4). The van der Waals surface area contributed by atoms with Gasteiger partial charge in [0.1, 0.15) is 22.6 Å². The zero-order valence-corrected chi connectivity index (χ0v) is 24.1. The van der Waals surface area contributed by atoms with E-state index < -0.39 is 43.8 Å². The van der Waals surface area contributed by atoms with Crippen molar-refractivity contribution < 1.29 is 72.0 Å². The lowest BCUT2D eigenvalue weighted by Gasteiger charge is -2.09. The van der Waals surface area contributed by atoms with E-state index in [0.29, 0.717) is 6.42 Å². The molecule has 2 N–H and O–H groups in total. The van der Waals surface area contributed by atoms with Gasteiger partial charge >= 0.3 is 43.8 Å². The summed E-state index contributed by atoms with van der Waals surface area (Å²) < 4.78 is 116. The molecular formula is C21H24Cl2F4O12S2. The highest BCUT2D eigenvalue weighted by molar-refractivity contribution is 8.09. The minimum atomic E-state index is -4.19. The zero-order chi connectivity index (χ0) is 32.2. The normalized spacial score (nSPS) is 10.5. The van der Waals surface area contributed by atoms with Crippen LogP contribution in [0.3, 0.4) is 0 Å². The largest absolute Gasteiger partial charge is 0.462 e. The molecular weight excluding hydrogens is 655 g/mol. The van der Waals surface area contributed by atoms with E-state index in [-0.39, 0.29) is 35.8 Å². The maximum absolute atomic E-state index is 12.0. The SMILES string of the molecule is CCCOC(=O)c1ccccc1OC(F)F.CCOC(=O)c1ccccc1OC(F)F.O=S(=O)(O)Cl.O=S(=O)(O)Cl. The van der Waals surface area contributed by atoms with Crippen molar-refractivity contribution in [2.24, 2.45) is 0 Å². The summed E-state index contributed by atoms with van der Waals surface area (Å²) in [6.45, 7) is -2.01. The third-order valence-electron chi connectivity index (χ3n) is 3.36. The lowest BCUT2D eigenvalue weighted by Crippen LogP contribution is -2.10. The van der Waals surface area contributed by atoms with E-state index in [1.54, 1.807) is 19.1 Å². The van der Waals surface area contributed by atoms with Gasteiger partial charge in [-0.25, -0.2) is 9.59 Å². The second-order valence-electron chi connectivity index (χ2n) is 6.43. The summed E-state index contributed by atoms with van der Waals surface area (Å²) in [5, 5.41) is 0. The van der Waals surface area contributed by atoms with E-state index in [0.717, 1.165) is 0 Å². The molecule has 0 aromatic heterocycles. The summed E-state index contributed by atoms with van der Waals surface area (Å²) in [6.07, 6.45) is 0.670. The quantitative estimate of drug-likeness (QED) is 0.150. The van der Waals surface area contributed by atoms with Crippen molar-refractivity contribution in [1.82, 2.24) is 0 Å². The Morgan fingerprint density at radius 2 is 1.05 bits per heavy atom. The van der Waals surface area contributed by atoms with Crippen LogP contribution in [0.25, 0.3) is 0 Å². The summed E-state index contributed by atoms with van der Waals surface area (Å²) in [5.74, 6) is -1.67. The number of ether oxygens (including phenoxy) is 4. The Hall–Kier alpha value is -2.90. The number of alkyl halides is 4. The molecule has 0 saturated heterocycles. The molecule has 41 heavy (non-hydrogen) atoms. The van der Waals surface area contributed by atoms with Crippen molar-refractivity contribution in [1.29, 1.82) is 0 Å². The number of carbonyl (C=O) groups excluding carboxylic acids is 2. The summed E-state index contributed by atoms with van der Waals surface area (Å²) in [5.41, 5.74) is 0.0101. The van der Waals surface area contributed by atoms with E-state index in [1.807, 2.05) is 6.92 Å². The molecule has 20 heteroatoms. The van der Waals surface area contributed by atoms with E-state index in [9.17, 15) is 27.2 Å². The number of hydrogen-bond acceptors (Lipinski definition) is 10. The first-order valence-electron chi connectivity index (χ1n) is 10.6. The van der Waals surface area contributed by atoms with E-state index in [4.69, 9.17) is 30.7 Å². The van der Waals surface area contributed by atoms with Crippen LogP contribution in [0.5, 0.6) is 11.5 Å². The molecule has 12 nitrogen and oxygen atoms in total. The average Bonchev–Trinajstić information content (AvgIpc) is 2.81. The van der Waals surface area contributed by atoms with Gasteiger partial charge in [-0.1, -0.05) is 31.2 Å². The predicted molar refractivity (Wildman–Crippen MR) is 137 cm³/mol. The zero-order valence-electron chi connectivity index (χ0n) is 21.0. The van der Waals surface area contributed by atoms with Crippen LogP contribution in [0.2, 0.25) is 0 Å². The Balaban J connectivity index is 0. The van der Waals surface area contributed by atoms with Gasteiger partial charge in [-0.15, -0.1) is 0 Å². The van der Waals surface area contributed by atoms with Crippen molar-refractivity contribution in [2.45, 2.75) is 33.5 Å². The van der Waals surface area contributed by atoms with Gasteiger partial charge in [-0.2, -0.15) is 34.4 Å². The molecule has 0 amide bonds. The summed E-state index contributed by atoms with van der Waals surface area (Å²) in [6, 6.07) is 11.5. The molecule has 0 atom stereocenters. The van der Waals surface area contributed by atoms with Crippen LogP contribution < -0.4 is 9.47 Å². The monoisotopic (exact) mass is 678 g/mol. The number of carbonyl (C=O) groups is 2. The van der Waals surface area contributed by atoms with Crippen molar-refractivity contribution in [3.63, 3.8) is 0 Å². The molecule has 234 valence electrons. The maximum Gasteiger partial charge on any atom is 0.387 e. The summed E-state index contributed by atoms with van der Waals surface area (Å²) in [4.78, 5) is 22.8. The van der Waals surface area contributed by atoms with Crippen molar-refractivity contribution in [2.75, 3.05) is 13.2 Å². The molecule has 0 saturated carbocycles. The van der Waals surface area contributed by atoms with Gasteiger partial charge in [0.15, 0.2) is 0 Å². The highest BCUT2D eigenvalue weighted by Crippen LogP contribution is 2.22. The van der Waals surface area contributed by atoms with E-state index in [1.165, 1.54) is 36.4 Å². The molecule has 0 heterocycles. The van der Waals surface area contributed by atoms with Gasteiger partial charge in [-0.3, -0.25) is 9.11 Å². The molecule has 0 aliphatic carbocycles. The predicted octanol–water partition coefficient (Wildman–Crippen LogP) is 5.38. The smallest absolute Gasteiger partial charge is 0.387 e. The Morgan fingerprint density at radius 3 is 1.34 bits per heavy atom. The third-order valence-corrected chi connectivity index (χ3v) is 3.36. The Labute approximate surface area is 241 Å². The Kier molecular flexibility index (Phi) is 20.5. The first-order chi connectivity index (χ1) is 18.8. The summed E-state index contributed by atoms with van der Waals surface area (Å²) >= 11 is 0. The van der Waals surface area contributed by atoms with Gasteiger partial charge in [0, 0.05) is 21.4 Å².